The number of nitriles is 1. The predicted molar refractivity (Wildman–Crippen MR) is 80.2 cm³/mol. The Morgan fingerprint density at radius 2 is 2.18 bits per heavy atom. The smallest absolute Gasteiger partial charge is 0.201 e. The molecule has 3 rings (SSSR count). The van der Waals surface area contributed by atoms with Crippen molar-refractivity contribution in [2.24, 2.45) is 10.8 Å². The molecule has 2 saturated heterocycles. The molecule has 4 N–H and O–H groups in total. The molecule has 0 aromatic heterocycles. The molecule has 8 nitrogen and oxygen atoms in total. The van der Waals surface area contributed by atoms with Crippen molar-refractivity contribution in [1.82, 2.24) is 4.90 Å². The molecule has 1 aromatic rings. The number of benzene rings is 1. The fraction of sp³-hybridized carbons (Fsp3) is 0.357. The number of fused-ring (bicyclic) bond motifs is 1. The second-order valence-electron chi connectivity index (χ2n) is 5.09. The van der Waals surface area contributed by atoms with Crippen LogP contribution in [-0.4, -0.2) is 42.6 Å². The Morgan fingerprint density at radius 1 is 1.41 bits per heavy atom. The van der Waals surface area contributed by atoms with Crippen LogP contribution < -0.4 is 11.2 Å². The lowest BCUT2D eigenvalue weighted by Gasteiger charge is -2.16. The van der Waals surface area contributed by atoms with E-state index >= 15 is 0 Å². The molecule has 2 fully saturated rings. The normalized spacial score (nSPS) is 24.8. The highest BCUT2D eigenvalue weighted by molar-refractivity contribution is 6.45. The maximum Gasteiger partial charge on any atom is 0.201 e. The van der Waals surface area contributed by atoms with Gasteiger partial charge in [-0.3, -0.25) is 10.8 Å². The third kappa shape index (κ3) is 2.78. The summed E-state index contributed by atoms with van der Waals surface area (Å²) in [6.45, 7) is 1.89. The van der Waals surface area contributed by atoms with E-state index in [-0.39, 0.29) is 23.7 Å². The van der Waals surface area contributed by atoms with Crippen LogP contribution in [0, 0.1) is 16.7 Å². The van der Waals surface area contributed by atoms with Crippen molar-refractivity contribution < 1.29 is 9.47 Å². The highest BCUT2D eigenvalue weighted by atomic mass is 16.6. The SMILES string of the molecule is N#C/C(=N\Nc1ccc(C2OCN3COCC23)cc1)C(=N)N. The van der Waals surface area contributed by atoms with Crippen molar-refractivity contribution in [3.8, 4) is 6.07 Å². The monoisotopic (exact) mass is 300 g/mol. The van der Waals surface area contributed by atoms with Crippen LogP contribution in [0.25, 0.3) is 0 Å². The number of nitrogens with two attached hydrogens (primary N) is 1. The molecule has 0 aliphatic carbocycles. The molecular formula is C14H16N6O2. The summed E-state index contributed by atoms with van der Waals surface area (Å²) in [6, 6.07) is 9.60. The molecular weight excluding hydrogens is 284 g/mol. The fourth-order valence-electron chi connectivity index (χ4n) is 2.52. The summed E-state index contributed by atoms with van der Waals surface area (Å²) in [4.78, 5) is 2.16. The first kappa shape index (κ1) is 14.5. The van der Waals surface area contributed by atoms with Crippen LogP contribution in [0.2, 0.25) is 0 Å². The lowest BCUT2D eigenvalue weighted by Crippen LogP contribution is -2.27. The number of amidine groups is 1. The van der Waals surface area contributed by atoms with E-state index in [1.165, 1.54) is 0 Å². The molecule has 2 atom stereocenters. The Labute approximate surface area is 127 Å². The number of ether oxygens (including phenoxy) is 2. The van der Waals surface area contributed by atoms with Crippen LogP contribution in [0.15, 0.2) is 29.4 Å². The van der Waals surface area contributed by atoms with Gasteiger partial charge in [0.2, 0.25) is 5.71 Å². The minimum Gasteiger partial charge on any atom is -0.382 e. The van der Waals surface area contributed by atoms with Crippen LogP contribution in [0.3, 0.4) is 0 Å². The number of hydrogen-bond acceptors (Lipinski definition) is 7. The van der Waals surface area contributed by atoms with Gasteiger partial charge in [-0.1, -0.05) is 12.1 Å². The van der Waals surface area contributed by atoms with Gasteiger partial charge >= 0.3 is 0 Å². The zero-order valence-corrected chi connectivity index (χ0v) is 11.8. The minimum atomic E-state index is -0.368. The van der Waals surface area contributed by atoms with Crippen molar-refractivity contribution in [3.63, 3.8) is 0 Å². The number of anilines is 1. The second-order valence-corrected chi connectivity index (χ2v) is 5.09. The maximum absolute atomic E-state index is 8.77. The van der Waals surface area contributed by atoms with Gasteiger partial charge in [-0.25, -0.2) is 4.90 Å². The van der Waals surface area contributed by atoms with Gasteiger partial charge in [-0.15, -0.1) is 0 Å². The Morgan fingerprint density at radius 3 is 2.86 bits per heavy atom. The predicted octanol–water partition coefficient (Wildman–Crippen LogP) is 0.601. The van der Waals surface area contributed by atoms with E-state index in [0.29, 0.717) is 25.8 Å². The molecule has 0 radical (unpaired) electrons. The molecule has 1 aromatic carbocycles. The van der Waals surface area contributed by atoms with Gasteiger partial charge < -0.3 is 15.2 Å². The standard InChI is InChI=1S/C14H16N6O2/c15-5-11(14(16)17)19-18-10-3-1-9(2-4-10)13-12-6-21-7-20(12)8-22-13/h1-4,12-13,18H,6-8H2,(H3,16,17)/b19-11+. The summed E-state index contributed by atoms with van der Waals surface area (Å²) in [5, 5.41) is 19.7. The van der Waals surface area contributed by atoms with Crippen molar-refractivity contribution in [2.45, 2.75) is 12.1 Å². The van der Waals surface area contributed by atoms with Crippen LogP contribution in [-0.2, 0) is 9.47 Å². The summed E-state index contributed by atoms with van der Waals surface area (Å²) in [5.74, 6) is -0.368. The fourth-order valence-corrected chi connectivity index (χ4v) is 2.52. The second kappa shape index (κ2) is 6.11. The van der Waals surface area contributed by atoms with E-state index in [2.05, 4.69) is 15.4 Å². The third-order valence-electron chi connectivity index (χ3n) is 3.68. The first-order valence-corrected chi connectivity index (χ1v) is 6.80. The van der Waals surface area contributed by atoms with Gasteiger partial charge in [-0.2, -0.15) is 10.4 Å². The molecule has 114 valence electrons. The van der Waals surface area contributed by atoms with Gasteiger partial charge in [0.25, 0.3) is 0 Å². The van der Waals surface area contributed by atoms with Gasteiger partial charge in [0.15, 0.2) is 5.84 Å². The van der Waals surface area contributed by atoms with E-state index in [0.717, 1.165) is 5.56 Å². The number of nitrogens with one attached hydrogen (secondary N) is 2. The highest BCUT2D eigenvalue weighted by Gasteiger charge is 2.39. The van der Waals surface area contributed by atoms with Crippen LogP contribution in [0.5, 0.6) is 0 Å². The largest absolute Gasteiger partial charge is 0.382 e. The molecule has 2 heterocycles. The van der Waals surface area contributed by atoms with E-state index < -0.39 is 0 Å². The number of hydrazone groups is 1. The minimum absolute atomic E-state index is 0.00643. The van der Waals surface area contributed by atoms with Crippen molar-refractivity contribution in [3.05, 3.63) is 29.8 Å². The molecule has 0 saturated carbocycles. The van der Waals surface area contributed by atoms with E-state index in [1.807, 2.05) is 24.3 Å². The van der Waals surface area contributed by atoms with Gasteiger partial charge in [0.05, 0.1) is 18.3 Å². The number of hydrogen-bond donors (Lipinski definition) is 3. The van der Waals surface area contributed by atoms with Gasteiger partial charge in [0.1, 0.15) is 25.6 Å². The summed E-state index contributed by atoms with van der Waals surface area (Å²) in [5.41, 5.74) is 9.56. The molecule has 2 aliphatic rings. The molecule has 0 bridgehead atoms. The van der Waals surface area contributed by atoms with Gasteiger partial charge in [0, 0.05) is 0 Å². The zero-order chi connectivity index (χ0) is 15.5. The summed E-state index contributed by atoms with van der Waals surface area (Å²) in [6.07, 6.45) is 0.00643. The first-order valence-electron chi connectivity index (χ1n) is 6.80. The van der Waals surface area contributed by atoms with E-state index in [1.54, 1.807) is 6.07 Å². The molecule has 2 aliphatic heterocycles. The van der Waals surface area contributed by atoms with E-state index in [9.17, 15) is 0 Å². The molecule has 22 heavy (non-hydrogen) atoms. The van der Waals surface area contributed by atoms with Crippen molar-refractivity contribution >= 4 is 17.2 Å². The molecule has 8 heteroatoms. The Hall–Kier alpha value is -2.47. The van der Waals surface area contributed by atoms with Crippen molar-refractivity contribution in [1.29, 1.82) is 10.7 Å². The van der Waals surface area contributed by atoms with Crippen LogP contribution >= 0.6 is 0 Å². The lowest BCUT2D eigenvalue weighted by atomic mass is 10.0. The molecule has 0 spiro atoms. The summed E-state index contributed by atoms with van der Waals surface area (Å²) >= 11 is 0. The summed E-state index contributed by atoms with van der Waals surface area (Å²) < 4.78 is 11.2. The lowest BCUT2D eigenvalue weighted by molar-refractivity contribution is 0.0370. The third-order valence-corrected chi connectivity index (χ3v) is 3.68. The number of nitrogens with zero attached hydrogens (tertiary/aromatic N) is 3. The topological polar surface area (TPSA) is 120 Å². The number of rotatable bonds is 4. The highest BCUT2D eigenvalue weighted by Crippen LogP contribution is 2.34. The Balaban J connectivity index is 1.68. The Kier molecular flexibility index (Phi) is 4.02. The first-order chi connectivity index (χ1) is 10.7. The van der Waals surface area contributed by atoms with Crippen LogP contribution in [0.4, 0.5) is 5.69 Å². The summed E-state index contributed by atoms with van der Waals surface area (Å²) in [7, 11) is 0. The van der Waals surface area contributed by atoms with Crippen molar-refractivity contribution in [2.75, 3.05) is 25.5 Å². The Bertz CT molecular complexity index is 636. The maximum atomic E-state index is 8.77. The zero-order valence-electron chi connectivity index (χ0n) is 11.8. The van der Waals surface area contributed by atoms with Crippen LogP contribution in [0.1, 0.15) is 11.7 Å². The van der Waals surface area contributed by atoms with Gasteiger partial charge in [-0.05, 0) is 17.7 Å². The average Bonchev–Trinajstić information content (AvgIpc) is 3.11. The molecule has 2 unspecified atom stereocenters. The average molecular weight is 300 g/mol. The quantitative estimate of drug-likeness (QED) is 0.425. The molecule has 0 amide bonds. The van der Waals surface area contributed by atoms with E-state index in [4.69, 9.17) is 25.9 Å².